The minimum atomic E-state index is -2.86. The molecule has 0 spiro atoms. The van der Waals surface area contributed by atoms with Gasteiger partial charge in [0.1, 0.15) is 5.75 Å². The number of carboxylic acids is 1. The summed E-state index contributed by atoms with van der Waals surface area (Å²) in [6.45, 7) is -0.691. The Balaban J connectivity index is 1.88. The average molecular weight is 341 g/mol. The highest BCUT2D eigenvalue weighted by Gasteiger charge is 2.32. The van der Waals surface area contributed by atoms with Crippen molar-refractivity contribution in [3.63, 3.8) is 0 Å². The van der Waals surface area contributed by atoms with Crippen molar-refractivity contribution in [3.8, 4) is 5.75 Å². The quantitative estimate of drug-likeness (QED) is 0.864. The summed E-state index contributed by atoms with van der Waals surface area (Å²) < 4.78 is 28.5. The third-order valence-corrected chi connectivity index (χ3v) is 4.33. The third kappa shape index (κ3) is 4.91. The first-order valence-electron chi connectivity index (χ1n) is 7.93. The van der Waals surface area contributed by atoms with Gasteiger partial charge in [0.05, 0.1) is 5.92 Å². The van der Waals surface area contributed by atoms with Crippen LogP contribution in [0.5, 0.6) is 5.75 Å². The Morgan fingerprint density at radius 1 is 1.29 bits per heavy atom. The van der Waals surface area contributed by atoms with E-state index >= 15 is 0 Å². The summed E-state index contributed by atoms with van der Waals surface area (Å²) in [6, 6.07) is 6.20. The molecular formula is C17H21F2NO4. The van der Waals surface area contributed by atoms with E-state index in [0.717, 1.165) is 5.56 Å². The molecule has 1 saturated heterocycles. The molecular weight excluding hydrogens is 320 g/mol. The van der Waals surface area contributed by atoms with Gasteiger partial charge in [0, 0.05) is 19.0 Å². The third-order valence-electron chi connectivity index (χ3n) is 4.33. The van der Waals surface area contributed by atoms with Gasteiger partial charge in [-0.05, 0) is 43.9 Å². The SMILES string of the molecule is CC1CCC(C(=O)O)CN1C(=O)CCc1ccc(OC(F)F)cc1. The van der Waals surface area contributed by atoms with Crippen LogP contribution in [-0.2, 0) is 16.0 Å². The van der Waals surface area contributed by atoms with Crippen molar-refractivity contribution in [2.45, 2.75) is 45.3 Å². The summed E-state index contributed by atoms with van der Waals surface area (Å²) in [5.41, 5.74) is 0.837. The lowest BCUT2D eigenvalue weighted by Gasteiger charge is -2.36. The number of carboxylic acid groups (broad SMARTS) is 1. The maximum Gasteiger partial charge on any atom is 0.387 e. The highest BCUT2D eigenvalue weighted by Crippen LogP contribution is 2.23. The predicted octanol–water partition coefficient (Wildman–Crippen LogP) is 2.93. The molecule has 1 aliphatic rings. The van der Waals surface area contributed by atoms with E-state index in [-0.39, 0.29) is 30.7 Å². The highest BCUT2D eigenvalue weighted by molar-refractivity contribution is 5.78. The molecule has 0 saturated carbocycles. The Morgan fingerprint density at radius 3 is 2.54 bits per heavy atom. The molecule has 2 unspecified atom stereocenters. The van der Waals surface area contributed by atoms with Crippen LogP contribution in [0.2, 0.25) is 0 Å². The lowest BCUT2D eigenvalue weighted by atomic mass is 9.93. The second-order valence-electron chi connectivity index (χ2n) is 6.03. The molecule has 2 rings (SSSR count). The monoisotopic (exact) mass is 341 g/mol. The summed E-state index contributed by atoms with van der Waals surface area (Å²) in [6.07, 6.45) is 1.99. The molecule has 1 N–H and O–H groups in total. The number of nitrogens with zero attached hydrogens (tertiary/aromatic N) is 1. The minimum absolute atomic E-state index is 0.0370. The van der Waals surface area contributed by atoms with Crippen LogP contribution in [0.25, 0.3) is 0 Å². The minimum Gasteiger partial charge on any atom is -0.481 e. The Hall–Kier alpha value is -2.18. The lowest BCUT2D eigenvalue weighted by molar-refractivity contribution is -0.147. The molecule has 2 atom stereocenters. The van der Waals surface area contributed by atoms with Gasteiger partial charge in [-0.15, -0.1) is 0 Å². The number of ether oxygens (including phenoxy) is 1. The predicted molar refractivity (Wildman–Crippen MR) is 82.9 cm³/mol. The molecule has 7 heteroatoms. The lowest BCUT2D eigenvalue weighted by Crippen LogP contribution is -2.47. The van der Waals surface area contributed by atoms with E-state index in [4.69, 9.17) is 5.11 Å². The van der Waals surface area contributed by atoms with Gasteiger partial charge in [0.2, 0.25) is 5.91 Å². The Labute approximate surface area is 139 Å². The molecule has 1 aromatic carbocycles. The summed E-state index contributed by atoms with van der Waals surface area (Å²) in [4.78, 5) is 25.1. The van der Waals surface area contributed by atoms with Crippen LogP contribution in [0.4, 0.5) is 8.78 Å². The fraction of sp³-hybridized carbons (Fsp3) is 0.529. The van der Waals surface area contributed by atoms with Gasteiger partial charge in [-0.25, -0.2) is 0 Å². The molecule has 0 radical (unpaired) electrons. The van der Waals surface area contributed by atoms with Gasteiger partial charge in [-0.3, -0.25) is 9.59 Å². The number of benzene rings is 1. The van der Waals surface area contributed by atoms with Gasteiger partial charge < -0.3 is 14.7 Å². The van der Waals surface area contributed by atoms with Gasteiger partial charge in [-0.1, -0.05) is 12.1 Å². The number of alkyl halides is 2. The summed E-state index contributed by atoms with van der Waals surface area (Å²) in [5, 5.41) is 9.12. The first-order valence-corrected chi connectivity index (χ1v) is 7.93. The summed E-state index contributed by atoms with van der Waals surface area (Å²) >= 11 is 0. The van der Waals surface area contributed by atoms with Crippen molar-refractivity contribution in [3.05, 3.63) is 29.8 Å². The van der Waals surface area contributed by atoms with Crippen LogP contribution < -0.4 is 4.74 Å². The molecule has 0 bridgehead atoms. The number of rotatable bonds is 6. The highest BCUT2D eigenvalue weighted by atomic mass is 19.3. The van der Waals surface area contributed by atoms with Crippen molar-refractivity contribution in [2.24, 2.45) is 5.92 Å². The molecule has 1 amide bonds. The second kappa shape index (κ2) is 8.08. The number of carbonyl (C=O) groups excluding carboxylic acids is 1. The first kappa shape index (κ1) is 18.2. The van der Waals surface area contributed by atoms with Gasteiger partial charge in [-0.2, -0.15) is 8.78 Å². The number of aliphatic carboxylic acids is 1. The van der Waals surface area contributed by atoms with E-state index in [1.54, 1.807) is 17.0 Å². The van der Waals surface area contributed by atoms with Crippen LogP contribution >= 0.6 is 0 Å². The standard InChI is InChI=1S/C17H21F2NO4/c1-11-2-6-13(16(22)23)10-20(11)15(21)9-5-12-3-7-14(8-4-12)24-17(18)19/h3-4,7-8,11,13,17H,2,5-6,9-10H2,1H3,(H,22,23). The van der Waals surface area contributed by atoms with Crippen molar-refractivity contribution in [1.82, 2.24) is 4.90 Å². The van der Waals surface area contributed by atoms with Crippen LogP contribution in [0.15, 0.2) is 24.3 Å². The van der Waals surface area contributed by atoms with Gasteiger partial charge >= 0.3 is 12.6 Å². The van der Waals surface area contributed by atoms with Crippen molar-refractivity contribution >= 4 is 11.9 Å². The number of likely N-dealkylation sites (tertiary alicyclic amines) is 1. The van der Waals surface area contributed by atoms with Crippen LogP contribution in [-0.4, -0.2) is 41.1 Å². The topological polar surface area (TPSA) is 66.8 Å². The first-order chi connectivity index (χ1) is 11.4. The Bertz CT molecular complexity index is 576. The number of hydrogen-bond acceptors (Lipinski definition) is 3. The molecule has 0 aromatic heterocycles. The van der Waals surface area contributed by atoms with E-state index < -0.39 is 18.5 Å². The Morgan fingerprint density at radius 2 is 1.96 bits per heavy atom. The number of aryl methyl sites for hydroxylation is 1. The maximum atomic E-state index is 12.4. The molecule has 0 aliphatic carbocycles. The molecule has 1 aromatic rings. The zero-order valence-electron chi connectivity index (χ0n) is 13.5. The van der Waals surface area contributed by atoms with Crippen LogP contribution in [0.1, 0.15) is 31.7 Å². The summed E-state index contributed by atoms with van der Waals surface area (Å²) in [5.74, 6) is -1.37. The van der Waals surface area contributed by atoms with Crippen molar-refractivity contribution < 1.29 is 28.2 Å². The molecule has 1 heterocycles. The van der Waals surface area contributed by atoms with Crippen molar-refractivity contribution in [1.29, 1.82) is 0 Å². The molecule has 1 fully saturated rings. The van der Waals surface area contributed by atoms with E-state index in [0.29, 0.717) is 19.3 Å². The fourth-order valence-electron chi connectivity index (χ4n) is 2.89. The molecule has 1 aliphatic heterocycles. The molecule has 132 valence electrons. The molecule has 24 heavy (non-hydrogen) atoms. The molecule has 5 nitrogen and oxygen atoms in total. The van der Waals surface area contributed by atoms with Crippen LogP contribution in [0.3, 0.4) is 0 Å². The maximum absolute atomic E-state index is 12.4. The van der Waals surface area contributed by atoms with E-state index in [2.05, 4.69) is 4.74 Å². The smallest absolute Gasteiger partial charge is 0.387 e. The zero-order chi connectivity index (χ0) is 17.7. The number of hydrogen-bond donors (Lipinski definition) is 1. The van der Waals surface area contributed by atoms with Gasteiger partial charge in [0.15, 0.2) is 0 Å². The van der Waals surface area contributed by atoms with E-state index in [1.807, 2.05) is 6.92 Å². The number of halogens is 2. The van der Waals surface area contributed by atoms with Gasteiger partial charge in [0.25, 0.3) is 0 Å². The second-order valence-corrected chi connectivity index (χ2v) is 6.03. The van der Waals surface area contributed by atoms with Crippen LogP contribution in [0, 0.1) is 5.92 Å². The fourth-order valence-corrected chi connectivity index (χ4v) is 2.89. The zero-order valence-corrected chi connectivity index (χ0v) is 13.5. The largest absolute Gasteiger partial charge is 0.481 e. The number of carbonyl (C=O) groups is 2. The van der Waals surface area contributed by atoms with Crippen molar-refractivity contribution in [2.75, 3.05) is 6.54 Å². The number of piperidine rings is 1. The number of amides is 1. The Kier molecular flexibility index (Phi) is 6.11. The average Bonchev–Trinajstić information content (AvgIpc) is 2.53. The normalized spacial score (nSPS) is 20.9. The van der Waals surface area contributed by atoms with E-state index in [9.17, 15) is 18.4 Å². The van der Waals surface area contributed by atoms with E-state index in [1.165, 1.54) is 12.1 Å². The summed E-state index contributed by atoms with van der Waals surface area (Å²) in [7, 11) is 0.